The minimum Gasteiger partial charge on any atom is -0.410 e. The first-order chi connectivity index (χ1) is 10.3. The van der Waals surface area contributed by atoms with Crippen LogP contribution in [0.15, 0.2) is 24.3 Å². The molecule has 0 spiro atoms. The van der Waals surface area contributed by atoms with Crippen molar-refractivity contribution in [1.82, 2.24) is 15.1 Å². The normalized spacial score (nSPS) is 17.3. The molecule has 0 saturated carbocycles. The molecular weight excluding hydrogens is 278 g/mol. The van der Waals surface area contributed by atoms with E-state index < -0.39 is 6.09 Å². The Morgan fingerprint density at radius 2 is 1.91 bits per heavy atom. The van der Waals surface area contributed by atoms with Crippen LogP contribution in [0.2, 0.25) is 0 Å². The zero-order valence-electron chi connectivity index (χ0n) is 14.1. The molecule has 22 heavy (non-hydrogen) atoms. The van der Waals surface area contributed by atoms with Gasteiger partial charge in [-0.3, -0.25) is 4.90 Å². The van der Waals surface area contributed by atoms with Crippen molar-refractivity contribution in [2.45, 2.75) is 32.9 Å². The fraction of sp³-hybridized carbons (Fsp3) is 0.588. The molecule has 1 aromatic rings. The average Bonchev–Trinajstić information content (AvgIpc) is 2.39. The quantitative estimate of drug-likeness (QED) is 0.931. The number of carbonyl (C=O) groups excluding carboxylic acids is 1. The standard InChI is InChI=1S/C17H27N3O2/c1-17(2,3)18-16(21)22-15-7-5-6-14(12-15)13-20-10-8-19(4)9-11-20/h5-7,12H,8-11,13H2,1-4H3,(H,18,21). The van der Waals surface area contributed by atoms with E-state index in [2.05, 4.69) is 28.2 Å². The van der Waals surface area contributed by atoms with Crippen LogP contribution in [0, 0.1) is 0 Å². The molecule has 2 rings (SSSR count). The van der Waals surface area contributed by atoms with Gasteiger partial charge in [0, 0.05) is 38.3 Å². The van der Waals surface area contributed by atoms with E-state index in [4.69, 9.17) is 4.74 Å². The van der Waals surface area contributed by atoms with E-state index in [-0.39, 0.29) is 5.54 Å². The lowest BCUT2D eigenvalue weighted by Crippen LogP contribution is -2.43. The van der Waals surface area contributed by atoms with E-state index in [0.717, 1.165) is 32.7 Å². The van der Waals surface area contributed by atoms with E-state index in [9.17, 15) is 4.79 Å². The van der Waals surface area contributed by atoms with Gasteiger partial charge in [-0.2, -0.15) is 0 Å². The van der Waals surface area contributed by atoms with E-state index in [1.165, 1.54) is 5.56 Å². The molecule has 1 saturated heterocycles. The molecule has 1 aliphatic rings. The van der Waals surface area contributed by atoms with Crippen LogP contribution in [-0.2, 0) is 6.54 Å². The third kappa shape index (κ3) is 5.66. The number of rotatable bonds is 3. The van der Waals surface area contributed by atoms with Crippen LogP contribution in [-0.4, -0.2) is 54.7 Å². The number of hydrogen-bond donors (Lipinski definition) is 1. The van der Waals surface area contributed by atoms with Gasteiger partial charge in [-0.25, -0.2) is 4.79 Å². The number of carbonyl (C=O) groups is 1. The molecule has 1 fully saturated rings. The molecule has 0 radical (unpaired) electrons. The molecule has 0 aromatic heterocycles. The lowest BCUT2D eigenvalue weighted by atomic mass is 10.1. The zero-order valence-corrected chi connectivity index (χ0v) is 14.1. The van der Waals surface area contributed by atoms with Crippen molar-refractivity contribution in [1.29, 1.82) is 0 Å². The van der Waals surface area contributed by atoms with Crippen molar-refractivity contribution < 1.29 is 9.53 Å². The van der Waals surface area contributed by atoms with E-state index in [1.807, 2.05) is 39.0 Å². The van der Waals surface area contributed by atoms with Crippen molar-refractivity contribution in [2.24, 2.45) is 0 Å². The van der Waals surface area contributed by atoms with Crippen LogP contribution in [0.1, 0.15) is 26.3 Å². The number of likely N-dealkylation sites (N-methyl/N-ethyl adjacent to an activating group) is 1. The Hall–Kier alpha value is -1.59. The minimum absolute atomic E-state index is 0.297. The van der Waals surface area contributed by atoms with E-state index >= 15 is 0 Å². The molecule has 0 aliphatic carbocycles. The molecule has 0 atom stereocenters. The molecule has 122 valence electrons. The van der Waals surface area contributed by atoms with Gasteiger partial charge in [0.25, 0.3) is 0 Å². The van der Waals surface area contributed by atoms with Crippen LogP contribution >= 0.6 is 0 Å². The summed E-state index contributed by atoms with van der Waals surface area (Å²) in [6.07, 6.45) is -0.413. The van der Waals surface area contributed by atoms with Crippen LogP contribution < -0.4 is 10.1 Å². The van der Waals surface area contributed by atoms with Crippen molar-refractivity contribution in [3.8, 4) is 5.75 Å². The number of benzene rings is 1. The molecule has 1 amide bonds. The first-order valence-electron chi connectivity index (χ1n) is 7.82. The lowest BCUT2D eigenvalue weighted by molar-refractivity contribution is 0.148. The fourth-order valence-electron chi connectivity index (χ4n) is 2.41. The van der Waals surface area contributed by atoms with E-state index in [1.54, 1.807) is 0 Å². The van der Waals surface area contributed by atoms with Gasteiger partial charge in [0.05, 0.1) is 0 Å². The number of hydrogen-bond acceptors (Lipinski definition) is 4. The van der Waals surface area contributed by atoms with Crippen LogP contribution in [0.25, 0.3) is 0 Å². The van der Waals surface area contributed by atoms with Gasteiger partial charge in [0.15, 0.2) is 0 Å². The summed E-state index contributed by atoms with van der Waals surface area (Å²) in [7, 11) is 2.15. The molecule has 0 bridgehead atoms. The average molecular weight is 305 g/mol. The Bertz CT molecular complexity index is 503. The molecule has 1 aliphatic heterocycles. The highest BCUT2D eigenvalue weighted by molar-refractivity contribution is 5.71. The summed E-state index contributed by atoms with van der Waals surface area (Å²) in [5, 5.41) is 2.80. The van der Waals surface area contributed by atoms with Crippen molar-refractivity contribution >= 4 is 6.09 Å². The number of piperazine rings is 1. The van der Waals surface area contributed by atoms with Crippen molar-refractivity contribution in [2.75, 3.05) is 33.2 Å². The summed E-state index contributed by atoms with van der Waals surface area (Å²) in [4.78, 5) is 16.6. The SMILES string of the molecule is CN1CCN(Cc2cccc(OC(=O)NC(C)(C)C)c2)CC1. The highest BCUT2D eigenvalue weighted by Crippen LogP contribution is 2.16. The molecule has 5 heteroatoms. The fourth-order valence-corrected chi connectivity index (χ4v) is 2.41. The van der Waals surface area contributed by atoms with Crippen LogP contribution in [0.4, 0.5) is 4.79 Å². The molecular formula is C17H27N3O2. The second-order valence-electron chi connectivity index (χ2n) is 6.99. The van der Waals surface area contributed by atoms with Crippen LogP contribution in [0.3, 0.4) is 0 Å². The zero-order chi connectivity index (χ0) is 16.2. The highest BCUT2D eigenvalue weighted by atomic mass is 16.6. The number of amides is 1. The maximum Gasteiger partial charge on any atom is 0.413 e. The van der Waals surface area contributed by atoms with Gasteiger partial charge in [-0.1, -0.05) is 12.1 Å². The Kier molecular flexibility index (Phi) is 5.42. The van der Waals surface area contributed by atoms with Crippen molar-refractivity contribution in [3.05, 3.63) is 29.8 Å². The summed E-state index contributed by atoms with van der Waals surface area (Å²) >= 11 is 0. The summed E-state index contributed by atoms with van der Waals surface area (Å²) < 4.78 is 5.36. The number of nitrogens with one attached hydrogen (secondary N) is 1. The van der Waals surface area contributed by atoms with Gasteiger partial charge in [0.1, 0.15) is 5.75 Å². The topological polar surface area (TPSA) is 44.8 Å². The van der Waals surface area contributed by atoms with Gasteiger partial charge in [-0.15, -0.1) is 0 Å². The largest absolute Gasteiger partial charge is 0.413 e. The maximum atomic E-state index is 11.8. The Morgan fingerprint density at radius 1 is 1.23 bits per heavy atom. The summed E-state index contributed by atoms with van der Waals surface area (Å²) in [6.45, 7) is 11.0. The van der Waals surface area contributed by atoms with Gasteiger partial charge < -0.3 is 15.0 Å². The Labute approximate surface area is 133 Å². The molecule has 1 aromatic carbocycles. The molecule has 0 unspecified atom stereocenters. The lowest BCUT2D eigenvalue weighted by Gasteiger charge is -2.32. The molecule has 1 heterocycles. The maximum absolute atomic E-state index is 11.8. The van der Waals surface area contributed by atoms with E-state index in [0.29, 0.717) is 5.75 Å². The summed E-state index contributed by atoms with van der Waals surface area (Å²) in [5.74, 6) is 0.591. The Balaban J connectivity index is 1.91. The first kappa shape index (κ1) is 16.8. The highest BCUT2D eigenvalue weighted by Gasteiger charge is 2.16. The predicted molar refractivity (Wildman–Crippen MR) is 88.1 cm³/mol. The van der Waals surface area contributed by atoms with Gasteiger partial charge >= 0.3 is 6.09 Å². The predicted octanol–water partition coefficient (Wildman–Crippen LogP) is 2.32. The van der Waals surface area contributed by atoms with Gasteiger partial charge in [0.2, 0.25) is 0 Å². The third-order valence-electron chi connectivity index (χ3n) is 3.59. The van der Waals surface area contributed by atoms with Gasteiger partial charge in [-0.05, 0) is 45.5 Å². The first-order valence-corrected chi connectivity index (χ1v) is 7.82. The summed E-state index contributed by atoms with van der Waals surface area (Å²) in [6, 6.07) is 7.77. The summed E-state index contributed by atoms with van der Waals surface area (Å²) in [5.41, 5.74) is 0.875. The van der Waals surface area contributed by atoms with Crippen molar-refractivity contribution in [3.63, 3.8) is 0 Å². The monoisotopic (exact) mass is 305 g/mol. The Morgan fingerprint density at radius 3 is 2.55 bits per heavy atom. The second kappa shape index (κ2) is 7.11. The molecule has 1 N–H and O–H groups in total. The third-order valence-corrected chi connectivity index (χ3v) is 3.59. The number of ether oxygens (including phenoxy) is 1. The second-order valence-corrected chi connectivity index (χ2v) is 6.99. The smallest absolute Gasteiger partial charge is 0.410 e. The minimum atomic E-state index is -0.413. The number of nitrogens with zero attached hydrogens (tertiary/aromatic N) is 2. The van der Waals surface area contributed by atoms with Crippen LogP contribution in [0.5, 0.6) is 5.75 Å². The molecule has 5 nitrogen and oxygen atoms in total.